The lowest BCUT2D eigenvalue weighted by Gasteiger charge is -2.31. The molecule has 0 N–H and O–H groups in total. The van der Waals surface area contributed by atoms with E-state index in [9.17, 15) is 0 Å². The van der Waals surface area contributed by atoms with Gasteiger partial charge in [0.25, 0.3) is 0 Å². The van der Waals surface area contributed by atoms with Crippen LogP contribution < -0.4 is 0 Å². The molecule has 2 heteroatoms. The molecule has 13 heavy (non-hydrogen) atoms. The van der Waals surface area contributed by atoms with Gasteiger partial charge in [-0.25, -0.2) is 0 Å². The molecule has 3 fully saturated rings. The summed E-state index contributed by atoms with van der Waals surface area (Å²) in [5, 5.41) is 0. The van der Waals surface area contributed by atoms with Gasteiger partial charge < -0.3 is 9.47 Å². The van der Waals surface area contributed by atoms with Gasteiger partial charge in [0.05, 0.1) is 18.3 Å². The molecule has 2 saturated heterocycles. The molecule has 1 spiro atoms. The highest BCUT2D eigenvalue weighted by Gasteiger charge is 2.49. The molecule has 0 radical (unpaired) electrons. The van der Waals surface area contributed by atoms with Crippen LogP contribution in [0, 0.1) is 11.8 Å². The third-order valence-electron chi connectivity index (χ3n) is 4.23. The molecule has 2 nitrogen and oxygen atoms in total. The Balaban J connectivity index is 1.75. The normalized spacial score (nSPS) is 54.7. The fraction of sp³-hybridized carbons (Fsp3) is 1.00. The maximum absolute atomic E-state index is 6.09. The summed E-state index contributed by atoms with van der Waals surface area (Å²) in [4.78, 5) is 0. The van der Waals surface area contributed by atoms with Gasteiger partial charge in [0.2, 0.25) is 0 Å². The van der Waals surface area contributed by atoms with E-state index >= 15 is 0 Å². The quantitative estimate of drug-likeness (QED) is 0.570. The Morgan fingerprint density at radius 1 is 1.23 bits per heavy atom. The molecule has 3 aliphatic rings. The van der Waals surface area contributed by atoms with E-state index in [0.717, 1.165) is 31.5 Å². The second-order valence-corrected chi connectivity index (χ2v) is 4.93. The zero-order valence-electron chi connectivity index (χ0n) is 8.29. The monoisotopic (exact) mass is 182 g/mol. The SMILES string of the molecule is C[C@@H]1OCC[C@]12CC[C@@H]1C[C@H]1CO2. The van der Waals surface area contributed by atoms with Gasteiger partial charge >= 0.3 is 0 Å². The number of hydrogen-bond donors (Lipinski definition) is 0. The van der Waals surface area contributed by atoms with Crippen molar-refractivity contribution in [2.45, 2.75) is 44.3 Å². The van der Waals surface area contributed by atoms with Crippen molar-refractivity contribution in [3.63, 3.8) is 0 Å². The molecule has 0 aromatic heterocycles. The van der Waals surface area contributed by atoms with Crippen LogP contribution in [0.4, 0.5) is 0 Å². The summed E-state index contributed by atoms with van der Waals surface area (Å²) >= 11 is 0. The minimum atomic E-state index is 0.105. The van der Waals surface area contributed by atoms with E-state index in [4.69, 9.17) is 9.47 Å². The van der Waals surface area contributed by atoms with Crippen molar-refractivity contribution in [3.05, 3.63) is 0 Å². The van der Waals surface area contributed by atoms with Gasteiger partial charge in [-0.2, -0.15) is 0 Å². The van der Waals surface area contributed by atoms with E-state index in [2.05, 4.69) is 6.92 Å². The van der Waals surface area contributed by atoms with Crippen LogP contribution in [-0.4, -0.2) is 24.9 Å². The van der Waals surface area contributed by atoms with Gasteiger partial charge in [0.1, 0.15) is 0 Å². The number of ether oxygens (including phenoxy) is 2. The standard InChI is InChI=1S/C11H18O2/c1-8-11(4-5-12-8)3-2-9-6-10(9)7-13-11/h8-10H,2-7H2,1H3/t8-,9+,10-,11+/m0/s1. The zero-order chi connectivity index (χ0) is 8.89. The molecule has 1 saturated carbocycles. The van der Waals surface area contributed by atoms with Gasteiger partial charge in [-0.15, -0.1) is 0 Å². The van der Waals surface area contributed by atoms with Crippen molar-refractivity contribution >= 4 is 0 Å². The van der Waals surface area contributed by atoms with E-state index in [-0.39, 0.29) is 5.60 Å². The van der Waals surface area contributed by atoms with E-state index in [0.29, 0.717) is 6.10 Å². The topological polar surface area (TPSA) is 18.5 Å². The maximum atomic E-state index is 6.09. The summed E-state index contributed by atoms with van der Waals surface area (Å²) in [7, 11) is 0. The molecule has 0 aromatic rings. The van der Waals surface area contributed by atoms with Crippen LogP contribution in [-0.2, 0) is 9.47 Å². The Bertz CT molecular complexity index is 202. The van der Waals surface area contributed by atoms with Crippen molar-refractivity contribution in [2.75, 3.05) is 13.2 Å². The molecular formula is C11H18O2. The van der Waals surface area contributed by atoms with Crippen molar-refractivity contribution in [2.24, 2.45) is 11.8 Å². The van der Waals surface area contributed by atoms with E-state index in [1.54, 1.807) is 0 Å². The van der Waals surface area contributed by atoms with Gasteiger partial charge in [-0.3, -0.25) is 0 Å². The molecule has 2 heterocycles. The first-order chi connectivity index (χ1) is 6.30. The summed E-state index contributed by atoms with van der Waals surface area (Å²) in [5.74, 6) is 1.89. The van der Waals surface area contributed by atoms with Crippen LogP contribution in [0.2, 0.25) is 0 Å². The summed E-state index contributed by atoms with van der Waals surface area (Å²) in [6.07, 6.45) is 5.47. The predicted molar refractivity (Wildman–Crippen MR) is 49.5 cm³/mol. The van der Waals surface area contributed by atoms with Gasteiger partial charge in [0.15, 0.2) is 0 Å². The molecule has 0 unspecified atom stereocenters. The highest BCUT2D eigenvalue weighted by molar-refractivity contribution is 4.98. The lowest BCUT2D eigenvalue weighted by Crippen LogP contribution is -2.39. The third-order valence-corrected chi connectivity index (χ3v) is 4.23. The summed E-state index contributed by atoms with van der Waals surface area (Å²) in [6, 6.07) is 0. The lowest BCUT2D eigenvalue weighted by atomic mass is 9.90. The van der Waals surface area contributed by atoms with Crippen LogP contribution in [0.3, 0.4) is 0 Å². The highest BCUT2D eigenvalue weighted by Crippen LogP contribution is 2.49. The van der Waals surface area contributed by atoms with Crippen LogP contribution in [0.25, 0.3) is 0 Å². The van der Waals surface area contributed by atoms with Crippen LogP contribution in [0.1, 0.15) is 32.6 Å². The summed E-state index contributed by atoms with van der Waals surface area (Å²) in [6.45, 7) is 4.07. The Morgan fingerprint density at radius 2 is 2.15 bits per heavy atom. The second-order valence-electron chi connectivity index (χ2n) is 4.93. The zero-order valence-corrected chi connectivity index (χ0v) is 8.29. The minimum Gasteiger partial charge on any atom is -0.375 e. The molecular weight excluding hydrogens is 164 g/mol. The molecule has 0 bridgehead atoms. The predicted octanol–water partition coefficient (Wildman–Crippen LogP) is 1.98. The smallest absolute Gasteiger partial charge is 0.0962 e. The summed E-state index contributed by atoms with van der Waals surface area (Å²) in [5.41, 5.74) is 0.105. The van der Waals surface area contributed by atoms with Crippen molar-refractivity contribution in [3.8, 4) is 0 Å². The van der Waals surface area contributed by atoms with Gasteiger partial charge in [-0.1, -0.05) is 0 Å². The highest BCUT2D eigenvalue weighted by atomic mass is 16.6. The second kappa shape index (κ2) is 2.71. The van der Waals surface area contributed by atoms with E-state index in [1.165, 1.54) is 19.3 Å². The van der Waals surface area contributed by atoms with E-state index < -0.39 is 0 Å². The van der Waals surface area contributed by atoms with Crippen LogP contribution in [0.5, 0.6) is 0 Å². The van der Waals surface area contributed by atoms with Crippen molar-refractivity contribution in [1.29, 1.82) is 0 Å². The Morgan fingerprint density at radius 3 is 2.92 bits per heavy atom. The molecule has 0 amide bonds. The number of fused-ring (bicyclic) bond motifs is 1. The number of hydrogen-bond acceptors (Lipinski definition) is 2. The van der Waals surface area contributed by atoms with Crippen LogP contribution >= 0.6 is 0 Å². The fourth-order valence-corrected chi connectivity index (χ4v) is 2.92. The average molecular weight is 182 g/mol. The van der Waals surface area contributed by atoms with Crippen molar-refractivity contribution in [1.82, 2.24) is 0 Å². The Hall–Kier alpha value is -0.0800. The Labute approximate surface area is 79.6 Å². The maximum Gasteiger partial charge on any atom is 0.0962 e. The first kappa shape index (κ1) is 8.25. The average Bonchev–Trinajstić information content (AvgIpc) is 2.79. The van der Waals surface area contributed by atoms with Crippen LogP contribution in [0.15, 0.2) is 0 Å². The van der Waals surface area contributed by atoms with Gasteiger partial charge in [0, 0.05) is 13.0 Å². The first-order valence-corrected chi connectivity index (χ1v) is 5.56. The van der Waals surface area contributed by atoms with E-state index in [1.807, 2.05) is 0 Å². The molecule has 4 atom stereocenters. The largest absolute Gasteiger partial charge is 0.375 e. The molecule has 3 rings (SSSR count). The summed E-state index contributed by atoms with van der Waals surface area (Å²) < 4.78 is 11.7. The third kappa shape index (κ3) is 1.23. The molecule has 0 aromatic carbocycles. The minimum absolute atomic E-state index is 0.105. The Kier molecular flexibility index (Phi) is 1.72. The first-order valence-electron chi connectivity index (χ1n) is 5.56. The molecule has 2 aliphatic heterocycles. The fourth-order valence-electron chi connectivity index (χ4n) is 2.92. The van der Waals surface area contributed by atoms with Crippen molar-refractivity contribution < 1.29 is 9.47 Å². The molecule has 1 aliphatic carbocycles. The lowest BCUT2D eigenvalue weighted by molar-refractivity contribution is -0.0880. The van der Waals surface area contributed by atoms with Gasteiger partial charge in [-0.05, 0) is 38.0 Å². The molecule has 74 valence electrons. The number of rotatable bonds is 0.